The van der Waals surface area contributed by atoms with Gasteiger partial charge in [-0.3, -0.25) is 14.6 Å². The van der Waals surface area contributed by atoms with Crippen molar-refractivity contribution in [3.05, 3.63) is 65.8 Å². The van der Waals surface area contributed by atoms with Crippen LogP contribution in [0, 0.1) is 5.92 Å². The third kappa shape index (κ3) is 6.29. The molecule has 11 nitrogen and oxygen atoms in total. The molecule has 1 atom stereocenters. The monoisotopic (exact) mass is 611 g/mol. The van der Waals surface area contributed by atoms with Gasteiger partial charge in [-0.2, -0.15) is 0 Å². The van der Waals surface area contributed by atoms with E-state index in [0.29, 0.717) is 67.8 Å². The Labute approximate surface area is 261 Å². The van der Waals surface area contributed by atoms with Crippen molar-refractivity contribution >= 4 is 28.6 Å². The van der Waals surface area contributed by atoms with E-state index < -0.39 is 11.6 Å². The molecular formula is C34H37N5O6. The van der Waals surface area contributed by atoms with Crippen molar-refractivity contribution in [1.82, 2.24) is 25.5 Å². The van der Waals surface area contributed by atoms with E-state index >= 15 is 0 Å². The summed E-state index contributed by atoms with van der Waals surface area (Å²) in [5, 5.41) is 12.7. The van der Waals surface area contributed by atoms with Crippen LogP contribution < -0.4 is 10.1 Å². The van der Waals surface area contributed by atoms with E-state index in [4.69, 9.17) is 13.9 Å². The van der Waals surface area contributed by atoms with Gasteiger partial charge in [-0.15, -0.1) is 10.2 Å². The van der Waals surface area contributed by atoms with Crippen LogP contribution in [0.1, 0.15) is 99.0 Å². The molecule has 1 aliphatic carbocycles. The molecule has 1 N–H and O–H groups in total. The van der Waals surface area contributed by atoms with Gasteiger partial charge in [0.1, 0.15) is 23.0 Å². The number of hydrogen-bond donors (Lipinski definition) is 1. The van der Waals surface area contributed by atoms with E-state index in [1.165, 1.54) is 0 Å². The first-order valence-electron chi connectivity index (χ1n) is 15.7. The van der Waals surface area contributed by atoms with Gasteiger partial charge in [0.25, 0.3) is 5.89 Å². The summed E-state index contributed by atoms with van der Waals surface area (Å²) in [5.74, 6) is 0.481. The van der Waals surface area contributed by atoms with E-state index in [0.717, 1.165) is 35.7 Å². The number of pyridine rings is 2. The number of fused-ring (bicyclic) bond motifs is 3. The number of esters is 1. The van der Waals surface area contributed by atoms with Gasteiger partial charge in [-0.05, 0) is 56.7 Å². The van der Waals surface area contributed by atoms with Crippen LogP contribution in [-0.2, 0) is 19.9 Å². The fraction of sp³-hybridized carbons (Fsp3) is 0.441. The van der Waals surface area contributed by atoms with Crippen molar-refractivity contribution in [3.63, 3.8) is 0 Å². The summed E-state index contributed by atoms with van der Waals surface area (Å²) in [7, 11) is 1.54. The van der Waals surface area contributed by atoms with Crippen molar-refractivity contribution in [3.8, 4) is 17.3 Å². The van der Waals surface area contributed by atoms with Crippen molar-refractivity contribution in [2.45, 2.75) is 82.8 Å². The second-order valence-corrected chi connectivity index (χ2v) is 11.8. The van der Waals surface area contributed by atoms with Crippen molar-refractivity contribution < 1.29 is 28.3 Å². The van der Waals surface area contributed by atoms with Gasteiger partial charge >= 0.3 is 5.97 Å². The van der Waals surface area contributed by atoms with Gasteiger partial charge in [-0.25, -0.2) is 9.78 Å². The van der Waals surface area contributed by atoms with Crippen LogP contribution in [0.4, 0.5) is 0 Å². The number of hydrogen-bond acceptors (Lipinski definition) is 10. The summed E-state index contributed by atoms with van der Waals surface area (Å²) in [4.78, 5) is 46.7. The number of carbonyl (C=O) groups excluding carboxylic acids is 3. The van der Waals surface area contributed by atoms with Gasteiger partial charge in [0.05, 0.1) is 18.2 Å². The van der Waals surface area contributed by atoms with Gasteiger partial charge < -0.3 is 19.2 Å². The van der Waals surface area contributed by atoms with E-state index in [-0.39, 0.29) is 29.5 Å². The van der Waals surface area contributed by atoms with Crippen LogP contribution in [0.5, 0.6) is 5.88 Å². The number of unbranched alkanes of at least 4 members (excludes halogenated alkanes) is 2. The summed E-state index contributed by atoms with van der Waals surface area (Å²) in [6, 6.07) is 10.8. The molecule has 6 rings (SSSR count). The lowest BCUT2D eigenvalue weighted by atomic mass is 9.75. The van der Waals surface area contributed by atoms with Gasteiger partial charge in [-0.1, -0.05) is 38.0 Å². The molecule has 1 saturated carbocycles. The number of ketones is 1. The van der Waals surface area contributed by atoms with Crippen molar-refractivity contribution in [2.75, 3.05) is 7.11 Å². The molecule has 4 heterocycles. The minimum absolute atomic E-state index is 0.101. The second kappa shape index (κ2) is 13.1. The molecule has 0 radical (unpaired) electrons. The van der Waals surface area contributed by atoms with Crippen LogP contribution >= 0.6 is 0 Å². The number of amides is 1. The highest BCUT2D eigenvalue weighted by molar-refractivity contribution is 5.94. The fourth-order valence-corrected chi connectivity index (χ4v) is 6.40. The lowest BCUT2D eigenvalue weighted by molar-refractivity contribution is -0.129. The predicted molar refractivity (Wildman–Crippen MR) is 164 cm³/mol. The molecule has 1 spiro atoms. The Bertz CT molecular complexity index is 1710. The Morgan fingerprint density at radius 3 is 2.71 bits per heavy atom. The topological polar surface area (TPSA) is 146 Å². The lowest BCUT2D eigenvalue weighted by Crippen LogP contribution is -2.40. The number of rotatable bonds is 12. The number of ether oxygens (including phenoxy) is 2. The zero-order valence-corrected chi connectivity index (χ0v) is 25.6. The smallest absolute Gasteiger partial charge is 0.339 e. The lowest BCUT2D eigenvalue weighted by Gasteiger charge is -2.36. The third-order valence-electron chi connectivity index (χ3n) is 8.99. The number of nitrogens with one attached hydrogen (secondary N) is 1. The zero-order chi connectivity index (χ0) is 31.4. The molecule has 1 aromatic carbocycles. The molecule has 1 fully saturated rings. The summed E-state index contributed by atoms with van der Waals surface area (Å²) in [6.07, 6.45) is 9.60. The van der Waals surface area contributed by atoms with E-state index in [9.17, 15) is 14.4 Å². The Hall–Kier alpha value is -4.67. The number of aromatic nitrogens is 4. The maximum Gasteiger partial charge on any atom is 0.339 e. The van der Waals surface area contributed by atoms with Gasteiger partial charge in [0, 0.05) is 42.1 Å². The molecule has 0 saturated heterocycles. The SMILES string of the molecule is CCC(=O)CCCCC[C@H](NC(=O)C1CCC2(CC1)OC(=O)c1ccncc12)c1nnc(-c2cc3ccccc3nc2OC)o1. The molecule has 2 aliphatic rings. The van der Waals surface area contributed by atoms with Crippen LogP contribution in [-0.4, -0.2) is 44.9 Å². The number of benzene rings is 1. The first kappa shape index (κ1) is 30.4. The standard InChI is InChI=1S/C34H37N5O6/c1-3-23(40)10-5-4-6-12-28(32-39-38-31(44-32)25-19-22-9-7-8-11-27(22)37-30(25)43-2)36-29(41)21-13-16-34(17-14-21)26-20-35-18-15-24(26)33(42)45-34/h7-9,11,15,18-21,28H,3-6,10,12-14,16-17H2,1-2H3,(H,36,41)/t21?,28-,34?/m0/s1. The Kier molecular flexibility index (Phi) is 8.86. The first-order valence-corrected chi connectivity index (χ1v) is 15.7. The van der Waals surface area contributed by atoms with Crippen LogP contribution in [0.2, 0.25) is 0 Å². The summed E-state index contributed by atoms with van der Waals surface area (Å²) in [6.45, 7) is 1.88. The average Bonchev–Trinajstić information content (AvgIpc) is 3.66. The first-order chi connectivity index (χ1) is 21.9. The molecule has 1 aliphatic heterocycles. The van der Waals surface area contributed by atoms with Crippen LogP contribution in [0.25, 0.3) is 22.4 Å². The second-order valence-electron chi connectivity index (χ2n) is 11.8. The van der Waals surface area contributed by atoms with Crippen LogP contribution in [0.15, 0.2) is 53.2 Å². The molecule has 0 bridgehead atoms. The molecule has 234 valence electrons. The molecule has 45 heavy (non-hydrogen) atoms. The summed E-state index contributed by atoms with van der Waals surface area (Å²) in [5.41, 5.74) is 1.99. The highest BCUT2D eigenvalue weighted by Crippen LogP contribution is 2.48. The highest BCUT2D eigenvalue weighted by Gasteiger charge is 2.48. The molecule has 4 aromatic rings. The molecule has 11 heteroatoms. The molecular weight excluding hydrogens is 574 g/mol. The van der Waals surface area contributed by atoms with Gasteiger partial charge in [0.15, 0.2) is 0 Å². The van der Waals surface area contributed by atoms with Crippen molar-refractivity contribution in [2.24, 2.45) is 5.92 Å². The number of carbonyl (C=O) groups is 3. The van der Waals surface area contributed by atoms with E-state index in [1.807, 2.05) is 37.3 Å². The minimum atomic E-state index is -0.721. The Morgan fingerprint density at radius 1 is 1.09 bits per heavy atom. The average molecular weight is 612 g/mol. The van der Waals surface area contributed by atoms with Crippen molar-refractivity contribution in [1.29, 1.82) is 0 Å². The predicted octanol–water partition coefficient (Wildman–Crippen LogP) is 6.03. The third-order valence-corrected chi connectivity index (χ3v) is 8.99. The molecule has 3 aromatic heterocycles. The Morgan fingerprint density at radius 2 is 1.91 bits per heavy atom. The number of para-hydroxylation sites is 1. The van der Waals surface area contributed by atoms with Crippen LogP contribution in [0.3, 0.4) is 0 Å². The number of methoxy groups -OCH3 is 1. The normalized spacial score (nSPS) is 19.7. The largest absolute Gasteiger partial charge is 0.480 e. The maximum atomic E-state index is 13.6. The van der Waals surface area contributed by atoms with Gasteiger partial charge in [0.2, 0.25) is 17.7 Å². The summed E-state index contributed by atoms with van der Waals surface area (Å²) < 4.78 is 17.6. The number of Topliss-reactive ketones (excluding diaryl/α,β-unsaturated/α-hetero) is 1. The number of nitrogens with zero attached hydrogens (tertiary/aromatic N) is 4. The maximum absolute atomic E-state index is 13.6. The Balaban J connectivity index is 1.17. The summed E-state index contributed by atoms with van der Waals surface area (Å²) >= 11 is 0. The fourth-order valence-electron chi connectivity index (χ4n) is 6.40. The molecule has 0 unspecified atom stereocenters. The van der Waals surface area contributed by atoms with E-state index in [2.05, 4.69) is 25.5 Å². The zero-order valence-electron chi connectivity index (χ0n) is 25.6. The quantitative estimate of drug-likeness (QED) is 0.149. The minimum Gasteiger partial charge on any atom is -0.480 e. The van der Waals surface area contributed by atoms with E-state index in [1.54, 1.807) is 25.6 Å². The highest BCUT2D eigenvalue weighted by atomic mass is 16.6. The molecule has 1 amide bonds.